The van der Waals surface area contributed by atoms with Gasteiger partial charge in [0.2, 0.25) is 5.91 Å². The van der Waals surface area contributed by atoms with Gasteiger partial charge in [0.05, 0.1) is 18.1 Å². The summed E-state index contributed by atoms with van der Waals surface area (Å²) in [5.74, 6) is -3.00. The number of aromatic hydroxyl groups is 1. The molecule has 1 unspecified atom stereocenters. The van der Waals surface area contributed by atoms with Crippen molar-refractivity contribution < 1.29 is 34.1 Å². The molecule has 1 fully saturated rings. The molecule has 3 aliphatic heterocycles. The molecule has 196 valence electrons. The van der Waals surface area contributed by atoms with Crippen molar-refractivity contribution in [1.29, 1.82) is 0 Å². The number of rotatable bonds is 8. The molecule has 1 amide bonds. The second kappa shape index (κ2) is 10.2. The molecule has 0 aliphatic carbocycles. The Balaban J connectivity index is 1.63. The minimum Gasteiger partial charge on any atom is -0.507 e. The number of allylic oxidation sites excluding steroid dienone is 2. The molecule has 8 nitrogen and oxygen atoms in total. The number of aromatic carboxylic acids is 1. The van der Waals surface area contributed by atoms with Crippen LogP contribution < -0.4 is 4.74 Å². The van der Waals surface area contributed by atoms with E-state index in [0.717, 1.165) is 24.8 Å². The maximum atomic E-state index is 13.4. The minimum absolute atomic E-state index is 0.0616. The van der Waals surface area contributed by atoms with Gasteiger partial charge in [-0.2, -0.15) is 0 Å². The molecule has 1 aromatic rings. The number of ketones is 1. The number of Topliss-reactive ketones (excluding diaryl/α,β-unsaturated/α-hetero) is 1. The molecule has 6 atom stereocenters. The molecule has 4 rings (SSSR count). The summed E-state index contributed by atoms with van der Waals surface area (Å²) in [5, 5.41) is 20.8. The first-order chi connectivity index (χ1) is 17.1. The van der Waals surface area contributed by atoms with Crippen LogP contribution in [0.15, 0.2) is 12.2 Å². The number of ether oxygens (including phenoxy) is 2. The van der Waals surface area contributed by atoms with Gasteiger partial charge < -0.3 is 24.6 Å². The van der Waals surface area contributed by atoms with E-state index in [1.807, 2.05) is 26.8 Å². The minimum atomic E-state index is -1.30. The number of carbonyl (C=O) groups is 3. The van der Waals surface area contributed by atoms with Crippen molar-refractivity contribution >= 4 is 17.7 Å². The van der Waals surface area contributed by atoms with E-state index in [4.69, 9.17) is 9.47 Å². The first kappa shape index (κ1) is 26.2. The Bertz CT molecular complexity index is 1090. The molecule has 1 saturated heterocycles. The highest BCUT2D eigenvalue weighted by molar-refractivity contribution is 6.01. The molecule has 3 heterocycles. The van der Waals surface area contributed by atoms with Crippen molar-refractivity contribution in [2.45, 2.75) is 91.1 Å². The summed E-state index contributed by atoms with van der Waals surface area (Å²) in [6.45, 7) is 9.68. The van der Waals surface area contributed by atoms with Gasteiger partial charge in [-0.1, -0.05) is 19.1 Å². The number of hydrogen-bond donors (Lipinski definition) is 2. The molecule has 1 aromatic carbocycles. The number of fused-ring (bicyclic) bond motifs is 2. The summed E-state index contributed by atoms with van der Waals surface area (Å²) < 4.78 is 12.7. The maximum Gasteiger partial charge on any atom is 0.343 e. The van der Waals surface area contributed by atoms with E-state index in [9.17, 15) is 24.6 Å². The highest BCUT2D eigenvalue weighted by atomic mass is 16.5. The molecule has 36 heavy (non-hydrogen) atoms. The Morgan fingerprint density at radius 3 is 2.58 bits per heavy atom. The van der Waals surface area contributed by atoms with E-state index in [1.54, 1.807) is 18.7 Å². The largest absolute Gasteiger partial charge is 0.507 e. The van der Waals surface area contributed by atoms with Gasteiger partial charge in [-0.3, -0.25) is 9.59 Å². The topological polar surface area (TPSA) is 113 Å². The zero-order valence-electron chi connectivity index (χ0n) is 21.7. The summed E-state index contributed by atoms with van der Waals surface area (Å²) >= 11 is 0. The second-order valence-electron chi connectivity index (χ2n) is 10.4. The summed E-state index contributed by atoms with van der Waals surface area (Å²) in [6.07, 6.45) is 6.18. The SMILES string of the molecule is C/C=C/CCCCC(=O)C(C)C(=O)N1CC[C@@H]2[C@H]3O[C@@H](C)[C@H](C)c4c(C)c(O)c(C(=O)O)c(c43)O[C@@H]21. The quantitative estimate of drug-likeness (QED) is 0.298. The fourth-order valence-corrected chi connectivity index (χ4v) is 5.97. The number of unbranched alkanes of at least 4 members (excludes halogenated alkanes) is 2. The molecule has 8 heteroatoms. The molecule has 0 bridgehead atoms. The van der Waals surface area contributed by atoms with Gasteiger partial charge in [-0.15, -0.1) is 0 Å². The first-order valence-corrected chi connectivity index (χ1v) is 13.0. The number of carboxylic acids is 1. The van der Waals surface area contributed by atoms with Crippen LogP contribution in [0.3, 0.4) is 0 Å². The van der Waals surface area contributed by atoms with Gasteiger partial charge >= 0.3 is 5.97 Å². The van der Waals surface area contributed by atoms with Crippen molar-refractivity contribution in [2.24, 2.45) is 11.8 Å². The van der Waals surface area contributed by atoms with Crippen molar-refractivity contribution in [3.05, 3.63) is 34.4 Å². The Hall–Kier alpha value is -2.87. The lowest BCUT2D eigenvalue weighted by Crippen LogP contribution is -2.50. The van der Waals surface area contributed by atoms with Crippen molar-refractivity contribution in [3.8, 4) is 11.5 Å². The Labute approximate surface area is 212 Å². The van der Waals surface area contributed by atoms with E-state index >= 15 is 0 Å². The average Bonchev–Trinajstić information content (AvgIpc) is 3.26. The molecule has 0 radical (unpaired) electrons. The highest BCUT2D eigenvalue weighted by Crippen LogP contribution is 2.56. The summed E-state index contributed by atoms with van der Waals surface area (Å²) in [6, 6.07) is 0. The summed E-state index contributed by atoms with van der Waals surface area (Å²) in [4.78, 5) is 39.9. The van der Waals surface area contributed by atoms with E-state index in [2.05, 4.69) is 6.08 Å². The van der Waals surface area contributed by atoms with Crippen molar-refractivity contribution in [1.82, 2.24) is 4.90 Å². The number of benzene rings is 1. The summed E-state index contributed by atoms with van der Waals surface area (Å²) in [7, 11) is 0. The molecule has 0 aromatic heterocycles. The van der Waals surface area contributed by atoms with E-state index < -0.39 is 24.2 Å². The Morgan fingerprint density at radius 1 is 1.19 bits per heavy atom. The predicted molar refractivity (Wildman–Crippen MR) is 133 cm³/mol. The molecule has 3 aliphatic rings. The van der Waals surface area contributed by atoms with Crippen LogP contribution in [0.5, 0.6) is 11.5 Å². The van der Waals surface area contributed by atoms with E-state index in [1.165, 1.54) is 0 Å². The molecular formula is C28H37NO7. The maximum absolute atomic E-state index is 13.4. The fraction of sp³-hybridized carbons (Fsp3) is 0.607. The number of nitrogens with zero attached hydrogens (tertiary/aromatic N) is 1. The van der Waals surface area contributed by atoms with Gasteiger partial charge in [-0.25, -0.2) is 4.79 Å². The normalized spacial score (nSPS) is 27.4. The van der Waals surface area contributed by atoms with Crippen LogP contribution in [-0.4, -0.2) is 51.6 Å². The van der Waals surface area contributed by atoms with Crippen LogP contribution >= 0.6 is 0 Å². The Kier molecular flexibility index (Phi) is 7.46. The smallest absolute Gasteiger partial charge is 0.343 e. The van der Waals surface area contributed by atoms with Gasteiger partial charge in [0.25, 0.3) is 0 Å². The highest BCUT2D eigenvalue weighted by Gasteiger charge is 2.53. The van der Waals surface area contributed by atoms with Crippen molar-refractivity contribution in [2.75, 3.05) is 6.54 Å². The zero-order chi connectivity index (χ0) is 26.3. The van der Waals surface area contributed by atoms with Crippen LogP contribution in [0.25, 0.3) is 0 Å². The van der Waals surface area contributed by atoms with Crippen LogP contribution in [-0.2, 0) is 14.3 Å². The van der Waals surface area contributed by atoms with Crippen LogP contribution in [0, 0.1) is 18.8 Å². The van der Waals surface area contributed by atoms with E-state index in [-0.39, 0.29) is 46.7 Å². The van der Waals surface area contributed by atoms with Gasteiger partial charge in [-0.05, 0) is 64.5 Å². The molecular weight excluding hydrogens is 462 g/mol. The lowest BCUT2D eigenvalue weighted by Gasteiger charge is -2.46. The first-order valence-electron chi connectivity index (χ1n) is 13.0. The Morgan fingerprint density at radius 2 is 1.92 bits per heavy atom. The average molecular weight is 500 g/mol. The summed E-state index contributed by atoms with van der Waals surface area (Å²) in [5.41, 5.74) is 1.76. The van der Waals surface area contributed by atoms with Crippen LogP contribution in [0.1, 0.15) is 98.9 Å². The lowest BCUT2D eigenvalue weighted by molar-refractivity contribution is -0.152. The van der Waals surface area contributed by atoms with Gasteiger partial charge in [0, 0.05) is 30.4 Å². The lowest BCUT2D eigenvalue weighted by atomic mass is 9.76. The van der Waals surface area contributed by atoms with Crippen molar-refractivity contribution in [3.63, 3.8) is 0 Å². The number of carbonyl (C=O) groups excluding carboxylic acids is 2. The van der Waals surface area contributed by atoms with E-state index in [0.29, 0.717) is 30.5 Å². The number of phenols is 1. The molecule has 0 saturated carbocycles. The van der Waals surface area contributed by atoms with Crippen LogP contribution in [0.2, 0.25) is 0 Å². The number of carboxylic acid groups (broad SMARTS) is 1. The fourth-order valence-electron chi connectivity index (χ4n) is 5.97. The van der Waals surface area contributed by atoms with Gasteiger partial charge in [0.15, 0.2) is 6.23 Å². The molecule has 0 spiro atoms. The standard InChI is InChI=1S/C28H37NO7/c1-6-7-8-9-10-11-19(30)15(3)26(32)29-13-12-18-24-21-20(14(2)17(5)35-24)16(4)23(31)22(28(33)34)25(21)36-27(18)29/h6-7,14-15,17-18,24,27,31H,8-13H2,1-5H3,(H,33,34)/b7-6+/t14-,15?,17-,18+,24+,27-/m0/s1. The number of amides is 1. The third kappa shape index (κ3) is 4.29. The zero-order valence-corrected chi connectivity index (χ0v) is 21.7. The third-order valence-electron chi connectivity index (χ3n) is 8.20. The van der Waals surface area contributed by atoms with Crippen LogP contribution in [0.4, 0.5) is 0 Å². The third-order valence-corrected chi connectivity index (χ3v) is 8.20. The molecule has 2 N–H and O–H groups in total. The predicted octanol–water partition coefficient (Wildman–Crippen LogP) is 4.87. The second-order valence-corrected chi connectivity index (χ2v) is 10.4. The monoisotopic (exact) mass is 499 g/mol. The number of hydrogen-bond acceptors (Lipinski definition) is 6. The number of likely N-dealkylation sites (tertiary alicyclic amines) is 1. The van der Waals surface area contributed by atoms with Gasteiger partial charge in [0.1, 0.15) is 22.8 Å².